The van der Waals surface area contributed by atoms with Gasteiger partial charge in [-0.2, -0.15) is 0 Å². The summed E-state index contributed by atoms with van der Waals surface area (Å²) in [6.07, 6.45) is 7.35. The van der Waals surface area contributed by atoms with E-state index in [0.29, 0.717) is 18.0 Å². The third-order valence-electron chi connectivity index (χ3n) is 4.85. The molecule has 2 unspecified atom stereocenters. The van der Waals surface area contributed by atoms with Gasteiger partial charge in [-0.05, 0) is 52.5 Å². The van der Waals surface area contributed by atoms with Crippen molar-refractivity contribution < 1.29 is 4.79 Å². The molecule has 4 heteroatoms. The molecule has 3 fully saturated rings. The normalized spacial score (nSPS) is 29.9. The summed E-state index contributed by atoms with van der Waals surface area (Å²) in [6, 6.07) is 1.98. The summed E-state index contributed by atoms with van der Waals surface area (Å²) in [7, 11) is 2.21. The van der Waals surface area contributed by atoms with Crippen LogP contribution in [0.4, 0.5) is 0 Å². The van der Waals surface area contributed by atoms with Gasteiger partial charge in [0.1, 0.15) is 0 Å². The van der Waals surface area contributed by atoms with Gasteiger partial charge in [-0.1, -0.05) is 0 Å². The van der Waals surface area contributed by atoms with Crippen LogP contribution in [0.15, 0.2) is 0 Å². The molecule has 0 spiro atoms. The van der Waals surface area contributed by atoms with Crippen LogP contribution in [-0.4, -0.2) is 60.0 Å². The topological polar surface area (TPSA) is 35.6 Å². The number of nitrogens with zero attached hydrogens (tertiary/aromatic N) is 2. The highest BCUT2D eigenvalue weighted by molar-refractivity contribution is 5.82. The molecule has 19 heavy (non-hydrogen) atoms. The molecular weight excluding hydrogens is 238 g/mol. The van der Waals surface area contributed by atoms with Crippen molar-refractivity contribution in [3.63, 3.8) is 0 Å². The van der Waals surface area contributed by atoms with E-state index in [4.69, 9.17) is 0 Å². The van der Waals surface area contributed by atoms with Crippen LogP contribution in [0.2, 0.25) is 0 Å². The van der Waals surface area contributed by atoms with Gasteiger partial charge in [0.05, 0.1) is 6.04 Å². The van der Waals surface area contributed by atoms with Crippen LogP contribution in [0.3, 0.4) is 0 Å². The van der Waals surface area contributed by atoms with Crippen molar-refractivity contribution >= 4 is 5.91 Å². The number of nitrogens with one attached hydrogen (secondary N) is 1. The Bertz CT molecular complexity index is 338. The monoisotopic (exact) mass is 265 g/mol. The van der Waals surface area contributed by atoms with E-state index in [1.54, 1.807) is 0 Å². The smallest absolute Gasteiger partial charge is 0.239 e. The summed E-state index contributed by atoms with van der Waals surface area (Å²) in [6.45, 7) is 4.10. The minimum Gasteiger partial charge on any atom is -0.340 e. The second-order valence-corrected chi connectivity index (χ2v) is 6.67. The van der Waals surface area contributed by atoms with E-state index < -0.39 is 0 Å². The van der Waals surface area contributed by atoms with Gasteiger partial charge < -0.3 is 10.2 Å². The number of rotatable bonds is 6. The average molecular weight is 265 g/mol. The predicted molar refractivity (Wildman–Crippen MR) is 76.0 cm³/mol. The van der Waals surface area contributed by atoms with Gasteiger partial charge >= 0.3 is 0 Å². The molecule has 2 atom stereocenters. The van der Waals surface area contributed by atoms with Crippen LogP contribution in [0.25, 0.3) is 0 Å². The van der Waals surface area contributed by atoms with E-state index in [9.17, 15) is 4.79 Å². The summed E-state index contributed by atoms with van der Waals surface area (Å²) in [5, 5.41) is 3.51. The van der Waals surface area contributed by atoms with Crippen molar-refractivity contribution in [3.05, 3.63) is 0 Å². The van der Waals surface area contributed by atoms with Crippen molar-refractivity contribution in [2.45, 2.75) is 69.6 Å². The van der Waals surface area contributed by atoms with Gasteiger partial charge in [0.15, 0.2) is 0 Å². The van der Waals surface area contributed by atoms with Gasteiger partial charge in [0.2, 0.25) is 5.91 Å². The SMILES string of the molecule is CC(CN1CCCC(NC2CC2)C1=O)N(C)C1CC1. The molecule has 1 saturated heterocycles. The Kier molecular flexibility index (Phi) is 3.81. The van der Waals surface area contributed by atoms with Crippen molar-refractivity contribution in [2.24, 2.45) is 0 Å². The third-order valence-corrected chi connectivity index (χ3v) is 4.85. The van der Waals surface area contributed by atoms with Crippen LogP contribution in [0, 0.1) is 0 Å². The Hall–Kier alpha value is -0.610. The number of carbonyl (C=O) groups is 1. The number of piperidine rings is 1. The molecule has 2 saturated carbocycles. The fourth-order valence-electron chi connectivity index (χ4n) is 3.10. The van der Waals surface area contributed by atoms with E-state index in [1.807, 2.05) is 0 Å². The molecule has 3 rings (SSSR count). The molecule has 4 nitrogen and oxygen atoms in total. The Morgan fingerprint density at radius 3 is 2.68 bits per heavy atom. The van der Waals surface area contributed by atoms with Gasteiger partial charge in [-0.25, -0.2) is 0 Å². The lowest BCUT2D eigenvalue weighted by Gasteiger charge is -2.36. The molecule has 0 aromatic carbocycles. The molecule has 0 aromatic heterocycles. The minimum absolute atomic E-state index is 0.0969. The van der Waals surface area contributed by atoms with Crippen LogP contribution >= 0.6 is 0 Å². The van der Waals surface area contributed by atoms with Crippen molar-refractivity contribution in [1.82, 2.24) is 15.1 Å². The lowest BCUT2D eigenvalue weighted by Crippen LogP contribution is -2.54. The first-order valence-electron chi connectivity index (χ1n) is 7.92. The Balaban J connectivity index is 1.52. The molecule has 108 valence electrons. The standard InChI is InChI=1S/C15H27N3O/c1-11(17(2)13-7-8-13)10-18-9-3-4-14(15(18)19)16-12-5-6-12/h11-14,16H,3-10H2,1-2H3. The molecular formula is C15H27N3O. The van der Waals surface area contributed by atoms with E-state index >= 15 is 0 Å². The summed E-state index contributed by atoms with van der Waals surface area (Å²) < 4.78 is 0. The quantitative estimate of drug-likeness (QED) is 0.784. The molecule has 2 aliphatic carbocycles. The Labute approximate surface area is 116 Å². The van der Waals surface area contributed by atoms with Gasteiger partial charge in [0, 0.05) is 31.2 Å². The first-order chi connectivity index (χ1) is 9.15. The number of hydrogen-bond acceptors (Lipinski definition) is 3. The Morgan fingerprint density at radius 1 is 1.32 bits per heavy atom. The summed E-state index contributed by atoms with van der Waals surface area (Å²) in [4.78, 5) is 17.0. The van der Waals surface area contributed by atoms with Crippen molar-refractivity contribution in [1.29, 1.82) is 0 Å². The van der Waals surface area contributed by atoms with Gasteiger partial charge in [-0.15, -0.1) is 0 Å². The van der Waals surface area contributed by atoms with Crippen molar-refractivity contribution in [2.75, 3.05) is 20.1 Å². The number of likely N-dealkylation sites (N-methyl/N-ethyl adjacent to an activating group) is 1. The molecule has 0 bridgehead atoms. The fraction of sp³-hybridized carbons (Fsp3) is 0.933. The highest BCUT2D eigenvalue weighted by Crippen LogP contribution is 2.28. The molecule has 1 amide bonds. The van der Waals surface area contributed by atoms with E-state index in [2.05, 4.69) is 29.1 Å². The number of amides is 1. The molecule has 0 radical (unpaired) electrons. The van der Waals surface area contributed by atoms with Gasteiger partial charge in [0.25, 0.3) is 0 Å². The predicted octanol–water partition coefficient (Wildman–Crippen LogP) is 1.21. The minimum atomic E-state index is 0.0969. The molecule has 1 heterocycles. The maximum Gasteiger partial charge on any atom is 0.239 e. The maximum absolute atomic E-state index is 12.5. The average Bonchev–Trinajstić information content (AvgIpc) is 3.26. The van der Waals surface area contributed by atoms with Crippen LogP contribution in [-0.2, 0) is 4.79 Å². The van der Waals surface area contributed by atoms with Gasteiger partial charge in [-0.3, -0.25) is 9.69 Å². The maximum atomic E-state index is 12.5. The van der Waals surface area contributed by atoms with Crippen LogP contribution < -0.4 is 5.32 Å². The highest BCUT2D eigenvalue weighted by atomic mass is 16.2. The van der Waals surface area contributed by atoms with E-state index in [-0.39, 0.29) is 6.04 Å². The lowest BCUT2D eigenvalue weighted by molar-refractivity contribution is -0.136. The summed E-state index contributed by atoms with van der Waals surface area (Å²) >= 11 is 0. The van der Waals surface area contributed by atoms with Crippen LogP contribution in [0.1, 0.15) is 45.4 Å². The first-order valence-corrected chi connectivity index (χ1v) is 7.92. The van der Waals surface area contributed by atoms with E-state index in [1.165, 1.54) is 25.7 Å². The van der Waals surface area contributed by atoms with Crippen molar-refractivity contribution in [3.8, 4) is 0 Å². The summed E-state index contributed by atoms with van der Waals surface area (Å²) in [5.74, 6) is 0.342. The first kappa shape index (κ1) is 13.4. The molecule has 1 aliphatic heterocycles. The number of carbonyl (C=O) groups excluding carboxylic acids is 1. The second kappa shape index (κ2) is 5.41. The zero-order valence-electron chi connectivity index (χ0n) is 12.3. The number of likely N-dealkylation sites (tertiary alicyclic amines) is 1. The van der Waals surface area contributed by atoms with Crippen LogP contribution in [0.5, 0.6) is 0 Å². The van der Waals surface area contributed by atoms with E-state index in [0.717, 1.165) is 32.0 Å². The fourth-order valence-corrected chi connectivity index (χ4v) is 3.10. The molecule has 3 aliphatic rings. The summed E-state index contributed by atoms with van der Waals surface area (Å²) in [5.41, 5.74) is 0. The zero-order valence-corrected chi connectivity index (χ0v) is 12.3. The molecule has 1 N–H and O–H groups in total. The highest BCUT2D eigenvalue weighted by Gasteiger charge is 2.35. The third kappa shape index (κ3) is 3.29. The zero-order chi connectivity index (χ0) is 13.4. The second-order valence-electron chi connectivity index (χ2n) is 6.67. The largest absolute Gasteiger partial charge is 0.340 e. The lowest BCUT2D eigenvalue weighted by atomic mass is 10.0. The number of hydrogen-bond donors (Lipinski definition) is 1. The Morgan fingerprint density at radius 2 is 2.05 bits per heavy atom. The molecule has 0 aromatic rings.